The summed E-state index contributed by atoms with van der Waals surface area (Å²) in [5, 5.41) is 4.65. The minimum Gasteiger partial charge on any atom is -0.399 e. The molecule has 7 rings (SSSR count). The molecule has 0 unspecified atom stereocenters. The molecule has 5 aromatic carbocycles. The first-order valence-electron chi connectivity index (χ1n) is 14.0. The summed E-state index contributed by atoms with van der Waals surface area (Å²) in [6.45, 7) is 8.26. The van der Waals surface area contributed by atoms with Gasteiger partial charge in [0, 0.05) is 16.7 Å². The Labute approximate surface area is 240 Å². The van der Waals surface area contributed by atoms with Gasteiger partial charge in [0.25, 0.3) is 0 Å². The first-order chi connectivity index (χ1) is 19.8. The van der Waals surface area contributed by atoms with Crippen LogP contribution in [-0.4, -0.2) is 33.3 Å². The van der Waals surface area contributed by atoms with E-state index in [1.165, 1.54) is 10.8 Å². The molecule has 200 valence electrons. The molecule has 0 amide bonds. The maximum Gasteiger partial charge on any atom is 0.494 e. The molecular weight excluding hydrogens is 505 g/mol. The predicted octanol–water partition coefficient (Wildman–Crippen LogP) is 7.48. The second kappa shape index (κ2) is 9.62. The summed E-state index contributed by atoms with van der Waals surface area (Å²) < 4.78 is 12.5. The third-order valence-corrected chi connectivity index (χ3v) is 8.37. The Bertz CT molecular complexity index is 1890. The number of benzene rings is 5. The van der Waals surface area contributed by atoms with E-state index in [9.17, 15) is 0 Å². The molecular formula is C35H30BN3O2. The highest BCUT2D eigenvalue weighted by Gasteiger charge is 2.51. The summed E-state index contributed by atoms with van der Waals surface area (Å²) >= 11 is 0. The zero-order valence-corrected chi connectivity index (χ0v) is 23.6. The minimum absolute atomic E-state index is 0.396. The molecule has 0 bridgehead atoms. The molecule has 41 heavy (non-hydrogen) atoms. The Balaban J connectivity index is 1.37. The fourth-order valence-corrected chi connectivity index (χ4v) is 5.35. The van der Waals surface area contributed by atoms with Gasteiger partial charge in [0.1, 0.15) is 0 Å². The Morgan fingerprint density at radius 1 is 0.512 bits per heavy atom. The average Bonchev–Trinajstić information content (AvgIpc) is 3.23. The van der Waals surface area contributed by atoms with Crippen LogP contribution in [0.3, 0.4) is 0 Å². The van der Waals surface area contributed by atoms with E-state index in [1.54, 1.807) is 0 Å². The summed E-state index contributed by atoms with van der Waals surface area (Å²) in [6.07, 6.45) is 0. The maximum atomic E-state index is 6.26. The van der Waals surface area contributed by atoms with Gasteiger partial charge >= 0.3 is 7.12 Å². The summed E-state index contributed by atoms with van der Waals surface area (Å²) in [4.78, 5) is 15.0. The van der Waals surface area contributed by atoms with Crippen LogP contribution in [0.5, 0.6) is 0 Å². The van der Waals surface area contributed by atoms with E-state index in [0.717, 1.165) is 32.9 Å². The topological polar surface area (TPSA) is 57.1 Å². The zero-order valence-electron chi connectivity index (χ0n) is 23.6. The molecule has 5 nitrogen and oxygen atoms in total. The van der Waals surface area contributed by atoms with Gasteiger partial charge in [0.15, 0.2) is 17.5 Å². The van der Waals surface area contributed by atoms with Gasteiger partial charge < -0.3 is 9.31 Å². The molecule has 1 fully saturated rings. The first kappa shape index (κ1) is 25.6. The smallest absolute Gasteiger partial charge is 0.399 e. The fourth-order valence-electron chi connectivity index (χ4n) is 5.35. The van der Waals surface area contributed by atoms with Gasteiger partial charge in [-0.1, -0.05) is 103 Å². The molecule has 1 aliphatic heterocycles. The van der Waals surface area contributed by atoms with Gasteiger partial charge in [-0.05, 0) is 60.8 Å². The van der Waals surface area contributed by atoms with Gasteiger partial charge in [-0.25, -0.2) is 15.0 Å². The second-order valence-corrected chi connectivity index (χ2v) is 11.6. The largest absolute Gasteiger partial charge is 0.494 e. The molecule has 6 aromatic rings. The van der Waals surface area contributed by atoms with Crippen molar-refractivity contribution in [3.63, 3.8) is 0 Å². The van der Waals surface area contributed by atoms with Gasteiger partial charge in [-0.2, -0.15) is 0 Å². The number of rotatable bonds is 4. The van der Waals surface area contributed by atoms with Crippen molar-refractivity contribution in [3.05, 3.63) is 109 Å². The number of nitrogens with zero attached hydrogens (tertiary/aromatic N) is 3. The number of fused-ring (bicyclic) bond motifs is 3. The molecule has 6 heteroatoms. The Kier molecular flexibility index (Phi) is 6.00. The fraction of sp³-hybridized carbons (Fsp3) is 0.171. The van der Waals surface area contributed by atoms with Crippen molar-refractivity contribution in [1.82, 2.24) is 15.0 Å². The van der Waals surface area contributed by atoms with Crippen molar-refractivity contribution in [2.24, 2.45) is 0 Å². The highest BCUT2D eigenvalue weighted by Crippen LogP contribution is 2.37. The van der Waals surface area contributed by atoms with Crippen LogP contribution < -0.4 is 5.46 Å². The van der Waals surface area contributed by atoms with Gasteiger partial charge in [0.2, 0.25) is 0 Å². The quantitative estimate of drug-likeness (QED) is 0.173. The van der Waals surface area contributed by atoms with Crippen molar-refractivity contribution in [3.8, 4) is 34.2 Å². The molecule has 0 N–H and O–H groups in total. The molecule has 0 spiro atoms. The van der Waals surface area contributed by atoms with E-state index in [4.69, 9.17) is 24.3 Å². The van der Waals surface area contributed by atoms with E-state index in [0.29, 0.717) is 17.5 Å². The lowest BCUT2D eigenvalue weighted by molar-refractivity contribution is 0.00578. The van der Waals surface area contributed by atoms with Crippen LogP contribution in [0.4, 0.5) is 0 Å². The summed E-state index contributed by atoms with van der Waals surface area (Å²) in [5.74, 6) is 1.90. The van der Waals surface area contributed by atoms with Crippen molar-refractivity contribution in [2.75, 3.05) is 0 Å². The second-order valence-electron chi connectivity index (χ2n) is 11.6. The maximum absolute atomic E-state index is 6.26. The lowest BCUT2D eigenvalue weighted by Gasteiger charge is -2.32. The van der Waals surface area contributed by atoms with E-state index < -0.39 is 18.3 Å². The standard InChI is InChI=1S/C35H30BN3O2/c1-34(2)35(3,4)41-36(40-34)26-20-18-24(19-21-26)32-37-31(23-12-6-5-7-13-23)38-33(39-32)30-22-25-14-8-9-15-27(25)28-16-10-11-17-29(28)30/h5-22H,1-4H3. The summed E-state index contributed by atoms with van der Waals surface area (Å²) in [7, 11) is -0.424. The minimum atomic E-state index is -0.424. The normalized spacial score (nSPS) is 16.0. The van der Waals surface area contributed by atoms with Gasteiger partial charge in [-0.3, -0.25) is 0 Å². The van der Waals surface area contributed by atoms with Crippen LogP contribution >= 0.6 is 0 Å². The summed E-state index contributed by atoms with van der Waals surface area (Å²) in [6, 6.07) is 37.3. The van der Waals surface area contributed by atoms with Crippen LogP contribution in [-0.2, 0) is 9.31 Å². The van der Waals surface area contributed by atoms with Crippen LogP contribution in [0.25, 0.3) is 55.7 Å². The SMILES string of the molecule is CC1(C)OB(c2ccc(-c3nc(-c4ccccc4)nc(-c4cc5ccccc5c5ccccc45)n3)cc2)OC1(C)C. The zero-order chi connectivity index (χ0) is 28.2. The van der Waals surface area contributed by atoms with Gasteiger partial charge in [0.05, 0.1) is 11.2 Å². The van der Waals surface area contributed by atoms with Crippen molar-refractivity contribution in [1.29, 1.82) is 0 Å². The number of hydrogen-bond donors (Lipinski definition) is 0. The van der Waals surface area contributed by atoms with Crippen LogP contribution in [0.1, 0.15) is 27.7 Å². The lowest BCUT2D eigenvalue weighted by atomic mass is 9.79. The van der Waals surface area contributed by atoms with Crippen LogP contribution in [0.2, 0.25) is 0 Å². The third kappa shape index (κ3) is 4.50. The van der Waals surface area contributed by atoms with Crippen molar-refractivity contribution in [2.45, 2.75) is 38.9 Å². The molecule has 0 radical (unpaired) electrons. The third-order valence-electron chi connectivity index (χ3n) is 8.37. The van der Waals surface area contributed by atoms with E-state index in [2.05, 4.69) is 82.3 Å². The molecule has 1 aromatic heterocycles. The number of aromatic nitrogens is 3. The summed E-state index contributed by atoms with van der Waals surface area (Å²) in [5.41, 5.74) is 2.99. The molecule has 1 saturated heterocycles. The van der Waals surface area contributed by atoms with Crippen LogP contribution in [0, 0.1) is 0 Å². The highest BCUT2D eigenvalue weighted by atomic mass is 16.7. The molecule has 2 heterocycles. The van der Waals surface area contributed by atoms with Crippen molar-refractivity contribution < 1.29 is 9.31 Å². The average molecular weight is 535 g/mol. The Morgan fingerprint density at radius 3 is 1.68 bits per heavy atom. The number of hydrogen-bond acceptors (Lipinski definition) is 5. The van der Waals surface area contributed by atoms with E-state index in [1.807, 2.05) is 54.6 Å². The van der Waals surface area contributed by atoms with Gasteiger partial charge in [-0.15, -0.1) is 0 Å². The first-order valence-corrected chi connectivity index (χ1v) is 14.0. The lowest BCUT2D eigenvalue weighted by Crippen LogP contribution is -2.41. The monoisotopic (exact) mass is 535 g/mol. The molecule has 0 atom stereocenters. The van der Waals surface area contributed by atoms with E-state index in [-0.39, 0.29) is 0 Å². The highest BCUT2D eigenvalue weighted by molar-refractivity contribution is 6.62. The molecule has 0 aliphatic carbocycles. The molecule has 1 aliphatic rings. The predicted molar refractivity (Wildman–Crippen MR) is 167 cm³/mol. The van der Waals surface area contributed by atoms with Crippen molar-refractivity contribution >= 4 is 34.1 Å². The van der Waals surface area contributed by atoms with Crippen LogP contribution in [0.15, 0.2) is 109 Å². The molecule has 0 saturated carbocycles. The Hall–Kier alpha value is -4.39. The Morgan fingerprint density at radius 2 is 1.02 bits per heavy atom. The van der Waals surface area contributed by atoms with E-state index >= 15 is 0 Å².